The molecule has 1 nitrogen and oxygen atoms in total. The van der Waals surface area contributed by atoms with Crippen LogP contribution >= 0.6 is 0 Å². The fraction of sp³-hybridized carbons (Fsp3) is 0.250. The second-order valence-corrected chi connectivity index (χ2v) is 4.86. The SMILES string of the molecule is Cc1ccccc1C(C)(O)Cc1ccccc1F. The van der Waals surface area contributed by atoms with Gasteiger partial charge in [-0.15, -0.1) is 0 Å². The van der Waals surface area contributed by atoms with Gasteiger partial charge in [0.25, 0.3) is 0 Å². The maximum absolute atomic E-state index is 13.6. The van der Waals surface area contributed by atoms with Gasteiger partial charge in [-0.25, -0.2) is 4.39 Å². The van der Waals surface area contributed by atoms with E-state index in [0.717, 1.165) is 11.1 Å². The van der Waals surface area contributed by atoms with Crippen LogP contribution in [0, 0.1) is 12.7 Å². The van der Waals surface area contributed by atoms with Crippen LogP contribution in [0.5, 0.6) is 0 Å². The Bertz CT molecular complexity index is 546. The summed E-state index contributed by atoms with van der Waals surface area (Å²) in [5.74, 6) is -0.272. The highest BCUT2D eigenvalue weighted by Gasteiger charge is 2.26. The molecule has 1 atom stereocenters. The predicted octanol–water partition coefficient (Wildman–Crippen LogP) is 3.58. The summed E-state index contributed by atoms with van der Waals surface area (Å²) in [4.78, 5) is 0. The van der Waals surface area contributed by atoms with E-state index in [1.807, 2.05) is 31.2 Å². The highest BCUT2D eigenvalue weighted by molar-refractivity contribution is 5.33. The third-order valence-electron chi connectivity index (χ3n) is 3.22. The minimum Gasteiger partial charge on any atom is -0.385 e. The first kappa shape index (κ1) is 12.8. The molecule has 0 saturated heterocycles. The molecule has 94 valence electrons. The van der Waals surface area contributed by atoms with E-state index >= 15 is 0 Å². The van der Waals surface area contributed by atoms with Crippen LogP contribution in [-0.4, -0.2) is 5.11 Å². The molecule has 1 unspecified atom stereocenters. The lowest BCUT2D eigenvalue weighted by atomic mass is 9.86. The van der Waals surface area contributed by atoms with Crippen LogP contribution in [0.15, 0.2) is 48.5 Å². The van der Waals surface area contributed by atoms with Crippen molar-refractivity contribution in [3.05, 3.63) is 71.0 Å². The van der Waals surface area contributed by atoms with Gasteiger partial charge in [0.2, 0.25) is 0 Å². The van der Waals surface area contributed by atoms with Crippen LogP contribution in [0.1, 0.15) is 23.6 Å². The third kappa shape index (κ3) is 2.59. The molecular formula is C16H17FO. The van der Waals surface area contributed by atoms with Gasteiger partial charge in [0.05, 0.1) is 5.60 Å². The first-order valence-electron chi connectivity index (χ1n) is 6.02. The monoisotopic (exact) mass is 244 g/mol. The largest absolute Gasteiger partial charge is 0.385 e. The van der Waals surface area contributed by atoms with Crippen molar-refractivity contribution in [1.29, 1.82) is 0 Å². The van der Waals surface area contributed by atoms with Crippen LogP contribution in [-0.2, 0) is 12.0 Å². The summed E-state index contributed by atoms with van der Waals surface area (Å²) in [7, 11) is 0. The maximum atomic E-state index is 13.6. The van der Waals surface area contributed by atoms with Crippen LogP contribution < -0.4 is 0 Å². The minimum absolute atomic E-state index is 0.268. The Labute approximate surface area is 107 Å². The number of aliphatic hydroxyl groups is 1. The van der Waals surface area contributed by atoms with Crippen LogP contribution in [0.2, 0.25) is 0 Å². The van der Waals surface area contributed by atoms with Gasteiger partial charge in [0, 0.05) is 6.42 Å². The Hall–Kier alpha value is -1.67. The average molecular weight is 244 g/mol. The molecule has 18 heavy (non-hydrogen) atoms. The summed E-state index contributed by atoms with van der Waals surface area (Å²) in [6.45, 7) is 3.67. The normalized spacial score (nSPS) is 14.2. The molecule has 0 saturated carbocycles. The van der Waals surface area contributed by atoms with Crippen LogP contribution in [0.3, 0.4) is 0 Å². The van der Waals surface area contributed by atoms with E-state index in [9.17, 15) is 9.50 Å². The second kappa shape index (κ2) is 4.91. The Morgan fingerprint density at radius 1 is 1.06 bits per heavy atom. The van der Waals surface area contributed by atoms with E-state index in [2.05, 4.69) is 0 Å². The Morgan fingerprint density at radius 3 is 2.33 bits per heavy atom. The van der Waals surface area contributed by atoms with Gasteiger partial charge in [0.15, 0.2) is 0 Å². The zero-order chi connectivity index (χ0) is 13.2. The predicted molar refractivity (Wildman–Crippen MR) is 70.9 cm³/mol. The fourth-order valence-corrected chi connectivity index (χ4v) is 2.29. The number of hydrogen-bond donors (Lipinski definition) is 1. The van der Waals surface area contributed by atoms with E-state index < -0.39 is 5.60 Å². The molecule has 2 aromatic carbocycles. The van der Waals surface area contributed by atoms with Crippen molar-refractivity contribution in [2.45, 2.75) is 25.9 Å². The molecular weight excluding hydrogens is 227 g/mol. The van der Waals surface area contributed by atoms with Crippen LogP contribution in [0.4, 0.5) is 4.39 Å². The molecule has 0 aromatic heterocycles. The Kier molecular flexibility index (Phi) is 3.48. The first-order chi connectivity index (χ1) is 8.50. The standard InChI is InChI=1S/C16H17FO/c1-12-7-3-5-9-14(12)16(2,18)11-13-8-4-6-10-15(13)17/h3-10,18H,11H2,1-2H3. The van der Waals surface area contributed by atoms with Gasteiger partial charge < -0.3 is 5.11 Å². The van der Waals surface area contributed by atoms with Gasteiger partial charge in [-0.2, -0.15) is 0 Å². The lowest BCUT2D eigenvalue weighted by Crippen LogP contribution is -2.25. The highest BCUT2D eigenvalue weighted by Crippen LogP contribution is 2.28. The molecule has 0 fully saturated rings. The van der Waals surface area contributed by atoms with Crippen molar-refractivity contribution in [3.8, 4) is 0 Å². The smallest absolute Gasteiger partial charge is 0.126 e. The fourth-order valence-electron chi connectivity index (χ4n) is 2.29. The molecule has 0 aliphatic rings. The highest BCUT2D eigenvalue weighted by atomic mass is 19.1. The summed E-state index contributed by atoms with van der Waals surface area (Å²) in [6, 6.07) is 14.2. The number of rotatable bonds is 3. The Morgan fingerprint density at radius 2 is 1.67 bits per heavy atom. The molecule has 0 heterocycles. The van der Waals surface area contributed by atoms with Gasteiger partial charge in [0.1, 0.15) is 5.82 Å². The van der Waals surface area contributed by atoms with Gasteiger partial charge in [-0.1, -0.05) is 42.5 Å². The van der Waals surface area contributed by atoms with E-state index in [1.165, 1.54) is 6.07 Å². The van der Waals surface area contributed by atoms with E-state index in [4.69, 9.17) is 0 Å². The number of aryl methyl sites for hydroxylation is 1. The average Bonchev–Trinajstić information content (AvgIpc) is 2.32. The molecule has 0 bridgehead atoms. The molecule has 2 heteroatoms. The van der Waals surface area contributed by atoms with Crippen molar-refractivity contribution < 1.29 is 9.50 Å². The molecule has 0 amide bonds. The van der Waals surface area contributed by atoms with Crippen LogP contribution in [0.25, 0.3) is 0 Å². The zero-order valence-electron chi connectivity index (χ0n) is 10.7. The van der Waals surface area contributed by atoms with Crippen molar-refractivity contribution in [2.24, 2.45) is 0 Å². The summed E-state index contributed by atoms with van der Waals surface area (Å²) < 4.78 is 13.6. The lowest BCUT2D eigenvalue weighted by molar-refractivity contribution is 0.0560. The van der Waals surface area contributed by atoms with Gasteiger partial charge in [-0.05, 0) is 36.6 Å². The molecule has 0 radical (unpaired) electrons. The topological polar surface area (TPSA) is 20.2 Å². The maximum Gasteiger partial charge on any atom is 0.126 e. The molecule has 0 aliphatic carbocycles. The molecule has 0 spiro atoms. The molecule has 2 rings (SSSR count). The van der Waals surface area contributed by atoms with E-state index in [0.29, 0.717) is 5.56 Å². The Balaban J connectivity index is 2.33. The van der Waals surface area contributed by atoms with Crippen molar-refractivity contribution in [2.75, 3.05) is 0 Å². The van der Waals surface area contributed by atoms with E-state index in [1.54, 1.807) is 25.1 Å². The summed E-state index contributed by atoms with van der Waals surface area (Å²) in [5, 5.41) is 10.6. The summed E-state index contributed by atoms with van der Waals surface area (Å²) in [6.07, 6.45) is 0.268. The quantitative estimate of drug-likeness (QED) is 0.875. The molecule has 0 aliphatic heterocycles. The van der Waals surface area contributed by atoms with Crippen molar-refractivity contribution in [3.63, 3.8) is 0 Å². The zero-order valence-corrected chi connectivity index (χ0v) is 10.7. The number of halogens is 1. The molecule has 1 N–H and O–H groups in total. The summed E-state index contributed by atoms with van der Waals surface area (Å²) >= 11 is 0. The van der Waals surface area contributed by atoms with Gasteiger partial charge in [-0.3, -0.25) is 0 Å². The molecule has 2 aromatic rings. The third-order valence-corrected chi connectivity index (χ3v) is 3.22. The second-order valence-electron chi connectivity index (χ2n) is 4.86. The lowest BCUT2D eigenvalue weighted by Gasteiger charge is -2.26. The summed E-state index contributed by atoms with van der Waals surface area (Å²) in [5.41, 5.74) is 1.32. The van der Waals surface area contributed by atoms with Crippen molar-refractivity contribution in [1.82, 2.24) is 0 Å². The number of hydrogen-bond acceptors (Lipinski definition) is 1. The van der Waals surface area contributed by atoms with Gasteiger partial charge >= 0.3 is 0 Å². The first-order valence-corrected chi connectivity index (χ1v) is 6.02. The van der Waals surface area contributed by atoms with Crippen molar-refractivity contribution >= 4 is 0 Å². The minimum atomic E-state index is -1.06. The van der Waals surface area contributed by atoms with E-state index in [-0.39, 0.29) is 12.2 Å². The number of benzene rings is 2.